The van der Waals surface area contributed by atoms with Crippen LogP contribution in [0.15, 0.2) is 48.5 Å². The van der Waals surface area contributed by atoms with Gasteiger partial charge in [0.25, 0.3) is 0 Å². The van der Waals surface area contributed by atoms with E-state index in [1.807, 2.05) is 0 Å². The van der Waals surface area contributed by atoms with E-state index in [-0.39, 0.29) is 0 Å². The quantitative estimate of drug-likeness (QED) is 0.623. The molecule has 0 aromatic heterocycles. The summed E-state index contributed by atoms with van der Waals surface area (Å²) in [5, 5.41) is 1.79. The van der Waals surface area contributed by atoms with Gasteiger partial charge in [-0.1, -0.05) is 80.4 Å². The molecule has 2 rings (SSSR count). The van der Waals surface area contributed by atoms with Gasteiger partial charge in [0, 0.05) is 10.7 Å². The SMILES string of the molecule is BrCc1ccc(COCc2ccc(CBr)cc2)cc1. The van der Waals surface area contributed by atoms with E-state index in [4.69, 9.17) is 4.74 Å². The van der Waals surface area contributed by atoms with Gasteiger partial charge in [-0.05, 0) is 22.3 Å². The lowest BCUT2D eigenvalue weighted by Crippen LogP contribution is -1.94. The number of alkyl halides is 2. The Labute approximate surface area is 131 Å². The summed E-state index contributed by atoms with van der Waals surface area (Å²) >= 11 is 6.88. The van der Waals surface area contributed by atoms with E-state index in [0.29, 0.717) is 13.2 Å². The van der Waals surface area contributed by atoms with Gasteiger partial charge in [0.2, 0.25) is 0 Å². The highest BCUT2D eigenvalue weighted by Crippen LogP contribution is 2.11. The van der Waals surface area contributed by atoms with Crippen LogP contribution in [0.4, 0.5) is 0 Å². The maximum atomic E-state index is 5.73. The van der Waals surface area contributed by atoms with Crippen molar-refractivity contribution >= 4 is 31.9 Å². The van der Waals surface area contributed by atoms with Gasteiger partial charge >= 0.3 is 0 Å². The zero-order chi connectivity index (χ0) is 13.5. The van der Waals surface area contributed by atoms with Gasteiger partial charge in [0.05, 0.1) is 13.2 Å². The molecule has 0 atom stereocenters. The number of ether oxygens (including phenoxy) is 1. The van der Waals surface area contributed by atoms with Gasteiger partial charge in [-0.2, -0.15) is 0 Å². The summed E-state index contributed by atoms with van der Waals surface area (Å²) in [5.41, 5.74) is 4.99. The molecule has 0 unspecified atom stereocenters. The molecule has 0 aliphatic heterocycles. The molecule has 0 spiro atoms. The van der Waals surface area contributed by atoms with Gasteiger partial charge in [-0.3, -0.25) is 0 Å². The molecule has 100 valence electrons. The lowest BCUT2D eigenvalue weighted by Gasteiger charge is -2.06. The second-order valence-corrected chi connectivity index (χ2v) is 5.51. The van der Waals surface area contributed by atoms with E-state index < -0.39 is 0 Å². The smallest absolute Gasteiger partial charge is 0.0721 e. The van der Waals surface area contributed by atoms with Crippen molar-refractivity contribution in [3.8, 4) is 0 Å². The predicted molar refractivity (Wildman–Crippen MR) is 86.6 cm³/mol. The van der Waals surface area contributed by atoms with Crippen LogP contribution in [0, 0.1) is 0 Å². The highest BCUT2D eigenvalue weighted by molar-refractivity contribution is 9.08. The third-order valence-electron chi connectivity index (χ3n) is 2.89. The van der Waals surface area contributed by atoms with Crippen molar-refractivity contribution in [2.75, 3.05) is 0 Å². The van der Waals surface area contributed by atoms with Gasteiger partial charge in [-0.15, -0.1) is 0 Å². The molecule has 0 heterocycles. The highest BCUT2D eigenvalue weighted by Gasteiger charge is 1.97. The number of hydrogen-bond acceptors (Lipinski definition) is 1. The number of hydrogen-bond donors (Lipinski definition) is 0. The van der Waals surface area contributed by atoms with Crippen LogP contribution in [0.1, 0.15) is 22.3 Å². The third kappa shape index (κ3) is 4.75. The molecule has 0 fully saturated rings. The van der Waals surface area contributed by atoms with Crippen LogP contribution in [0.25, 0.3) is 0 Å². The van der Waals surface area contributed by atoms with Crippen LogP contribution in [0.2, 0.25) is 0 Å². The molecule has 0 aliphatic rings. The first-order valence-corrected chi connectivity index (χ1v) is 8.41. The van der Waals surface area contributed by atoms with Gasteiger partial charge in [0.1, 0.15) is 0 Å². The van der Waals surface area contributed by atoms with Crippen molar-refractivity contribution in [1.82, 2.24) is 0 Å². The zero-order valence-electron chi connectivity index (χ0n) is 10.6. The van der Waals surface area contributed by atoms with Crippen molar-refractivity contribution in [3.05, 3.63) is 70.8 Å². The van der Waals surface area contributed by atoms with Crippen LogP contribution in [0.5, 0.6) is 0 Å². The first-order valence-electron chi connectivity index (χ1n) is 6.17. The van der Waals surface area contributed by atoms with Crippen molar-refractivity contribution in [3.63, 3.8) is 0 Å². The molecular formula is C16H16Br2O. The van der Waals surface area contributed by atoms with Crippen LogP contribution in [0.3, 0.4) is 0 Å². The Balaban J connectivity index is 1.81. The maximum absolute atomic E-state index is 5.73. The number of rotatable bonds is 6. The fourth-order valence-corrected chi connectivity index (χ4v) is 2.48. The molecule has 0 amide bonds. The molecule has 2 aromatic rings. The third-order valence-corrected chi connectivity index (χ3v) is 4.19. The highest BCUT2D eigenvalue weighted by atomic mass is 79.9. The van der Waals surface area contributed by atoms with Crippen molar-refractivity contribution in [2.45, 2.75) is 23.9 Å². The minimum Gasteiger partial charge on any atom is -0.372 e. The topological polar surface area (TPSA) is 9.23 Å². The molecule has 3 heteroatoms. The molecule has 0 saturated carbocycles. The Bertz CT molecular complexity index is 444. The summed E-state index contributed by atoms with van der Waals surface area (Å²) in [7, 11) is 0. The molecule has 0 radical (unpaired) electrons. The second kappa shape index (κ2) is 7.83. The summed E-state index contributed by atoms with van der Waals surface area (Å²) in [4.78, 5) is 0. The first-order chi connectivity index (χ1) is 9.31. The van der Waals surface area contributed by atoms with Crippen LogP contribution < -0.4 is 0 Å². The van der Waals surface area contributed by atoms with Crippen LogP contribution >= 0.6 is 31.9 Å². The predicted octanol–water partition coefficient (Wildman–Crippen LogP) is 5.19. The normalized spacial score (nSPS) is 10.6. The molecular weight excluding hydrogens is 368 g/mol. The van der Waals surface area contributed by atoms with Gasteiger partial charge in [0.15, 0.2) is 0 Å². The van der Waals surface area contributed by atoms with E-state index in [1.54, 1.807) is 0 Å². The fraction of sp³-hybridized carbons (Fsp3) is 0.250. The Kier molecular flexibility index (Phi) is 6.08. The number of benzene rings is 2. The molecule has 0 bridgehead atoms. The van der Waals surface area contributed by atoms with Crippen molar-refractivity contribution in [2.24, 2.45) is 0 Å². The minimum atomic E-state index is 0.656. The van der Waals surface area contributed by atoms with E-state index in [2.05, 4.69) is 80.4 Å². The molecule has 1 nitrogen and oxygen atoms in total. The molecule has 19 heavy (non-hydrogen) atoms. The monoisotopic (exact) mass is 382 g/mol. The van der Waals surface area contributed by atoms with E-state index in [1.165, 1.54) is 22.3 Å². The molecule has 0 saturated heterocycles. The molecule has 0 aliphatic carbocycles. The van der Waals surface area contributed by atoms with Crippen molar-refractivity contribution < 1.29 is 4.74 Å². The Hall–Kier alpha value is -0.640. The Morgan fingerprint density at radius 1 is 0.579 bits per heavy atom. The lowest BCUT2D eigenvalue weighted by molar-refractivity contribution is 0.107. The minimum absolute atomic E-state index is 0.656. The summed E-state index contributed by atoms with van der Waals surface area (Å²) in [6, 6.07) is 17.0. The van der Waals surface area contributed by atoms with E-state index in [9.17, 15) is 0 Å². The van der Waals surface area contributed by atoms with E-state index in [0.717, 1.165) is 10.7 Å². The van der Waals surface area contributed by atoms with E-state index >= 15 is 0 Å². The number of halogens is 2. The standard InChI is InChI=1S/C16H16Br2O/c17-9-13-1-5-15(6-2-13)11-19-12-16-7-3-14(10-18)4-8-16/h1-8H,9-12H2. The van der Waals surface area contributed by atoms with Gasteiger partial charge < -0.3 is 4.74 Å². The average molecular weight is 384 g/mol. The van der Waals surface area contributed by atoms with Crippen LogP contribution in [-0.2, 0) is 28.6 Å². The van der Waals surface area contributed by atoms with Crippen LogP contribution in [-0.4, -0.2) is 0 Å². The maximum Gasteiger partial charge on any atom is 0.0721 e. The first kappa shape index (κ1) is 14.8. The summed E-state index contributed by atoms with van der Waals surface area (Å²) in [6.07, 6.45) is 0. The molecule has 2 aromatic carbocycles. The summed E-state index contributed by atoms with van der Waals surface area (Å²) < 4.78 is 5.73. The zero-order valence-corrected chi connectivity index (χ0v) is 13.8. The molecule has 0 N–H and O–H groups in total. The Morgan fingerprint density at radius 2 is 0.895 bits per heavy atom. The largest absolute Gasteiger partial charge is 0.372 e. The Morgan fingerprint density at radius 3 is 1.21 bits per heavy atom. The fourth-order valence-electron chi connectivity index (χ4n) is 1.74. The second-order valence-electron chi connectivity index (χ2n) is 4.39. The summed E-state index contributed by atoms with van der Waals surface area (Å²) in [5.74, 6) is 0. The average Bonchev–Trinajstić information content (AvgIpc) is 2.49. The van der Waals surface area contributed by atoms with Gasteiger partial charge in [-0.25, -0.2) is 0 Å². The van der Waals surface area contributed by atoms with Crippen molar-refractivity contribution in [1.29, 1.82) is 0 Å². The lowest BCUT2D eigenvalue weighted by atomic mass is 10.1. The summed E-state index contributed by atoms with van der Waals surface area (Å²) in [6.45, 7) is 1.31.